The molecular formula is C17H12BrF3O. The lowest BCUT2D eigenvalue weighted by atomic mass is 10.0. The van der Waals surface area contributed by atoms with E-state index in [4.69, 9.17) is 0 Å². The third-order valence-electron chi connectivity index (χ3n) is 3.03. The van der Waals surface area contributed by atoms with Gasteiger partial charge >= 0.3 is 6.18 Å². The Bertz CT molecular complexity index is 691. The van der Waals surface area contributed by atoms with E-state index in [0.717, 1.165) is 17.7 Å². The molecule has 0 bridgehead atoms. The highest BCUT2D eigenvalue weighted by molar-refractivity contribution is 9.09. The van der Waals surface area contributed by atoms with E-state index >= 15 is 0 Å². The SMILES string of the molecule is O=C(/C(=C/c1ccccc1)CBr)c1cccc(C(F)(F)F)c1. The second-order valence-corrected chi connectivity index (χ2v) is 5.18. The van der Waals surface area contributed by atoms with Crippen LogP contribution in [0.5, 0.6) is 0 Å². The number of halogens is 4. The van der Waals surface area contributed by atoms with Crippen molar-refractivity contribution in [3.8, 4) is 0 Å². The average molecular weight is 369 g/mol. The van der Waals surface area contributed by atoms with Crippen molar-refractivity contribution >= 4 is 27.8 Å². The topological polar surface area (TPSA) is 17.1 Å². The Hall–Kier alpha value is -1.88. The summed E-state index contributed by atoms with van der Waals surface area (Å²) in [4.78, 5) is 12.4. The molecular weight excluding hydrogens is 357 g/mol. The normalized spacial score (nSPS) is 12.3. The molecule has 0 amide bonds. The number of ketones is 1. The molecule has 0 saturated carbocycles. The van der Waals surface area contributed by atoms with Gasteiger partial charge in [0.1, 0.15) is 0 Å². The molecule has 2 aromatic rings. The van der Waals surface area contributed by atoms with Crippen LogP contribution in [0.25, 0.3) is 6.08 Å². The molecule has 22 heavy (non-hydrogen) atoms. The van der Waals surface area contributed by atoms with Gasteiger partial charge < -0.3 is 0 Å². The molecule has 114 valence electrons. The van der Waals surface area contributed by atoms with Gasteiger partial charge in [0.2, 0.25) is 0 Å². The van der Waals surface area contributed by atoms with E-state index in [-0.39, 0.29) is 10.9 Å². The molecule has 0 saturated heterocycles. The van der Waals surface area contributed by atoms with E-state index < -0.39 is 17.5 Å². The molecule has 1 nitrogen and oxygen atoms in total. The minimum atomic E-state index is -4.46. The Kier molecular flexibility index (Phi) is 5.19. The Morgan fingerprint density at radius 2 is 1.73 bits per heavy atom. The number of allylic oxidation sites excluding steroid dienone is 1. The van der Waals surface area contributed by atoms with Crippen LogP contribution in [-0.2, 0) is 6.18 Å². The van der Waals surface area contributed by atoms with Crippen molar-refractivity contribution in [2.75, 3.05) is 5.33 Å². The summed E-state index contributed by atoms with van der Waals surface area (Å²) in [5.74, 6) is -0.424. The number of rotatable bonds is 4. The van der Waals surface area contributed by atoms with E-state index in [1.807, 2.05) is 30.3 Å². The van der Waals surface area contributed by atoms with Crippen LogP contribution >= 0.6 is 15.9 Å². The first-order valence-corrected chi connectivity index (χ1v) is 7.57. The summed E-state index contributed by atoms with van der Waals surface area (Å²) in [6.07, 6.45) is -2.80. The lowest BCUT2D eigenvalue weighted by molar-refractivity contribution is -0.137. The quantitative estimate of drug-likeness (QED) is 0.403. The van der Waals surface area contributed by atoms with Gasteiger partial charge in [-0.15, -0.1) is 0 Å². The zero-order valence-electron chi connectivity index (χ0n) is 11.4. The Morgan fingerprint density at radius 1 is 1.05 bits per heavy atom. The van der Waals surface area contributed by atoms with E-state index in [2.05, 4.69) is 15.9 Å². The van der Waals surface area contributed by atoms with Crippen molar-refractivity contribution < 1.29 is 18.0 Å². The van der Waals surface area contributed by atoms with Crippen LogP contribution in [0.3, 0.4) is 0 Å². The van der Waals surface area contributed by atoms with Gasteiger partial charge in [-0.05, 0) is 23.8 Å². The number of hydrogen-bond donors (Lipinski definition) is 0. The number of alkyl halides is 4. The maximum atomic E-state index is 12.7. The molecule has 0 N–H and O–H groups in total. The van der Waals surface area contributed by atoms with Crippen molar-refractivity contribution in [1.29, 1.82) is 0 Å². The first-order valence-electron chi connectivity index (χ1n) is 6.45. The lowest BCUT2D eigenvalue weighted by Gasteiger charge is -2.09. The molecule has 5 heteroatoms. The van der Waals surface area contributed by atoms with Gasteiger partial charge in [0.05, 0.1) is 5.56 Å². The summed E-state index contributed by atoms with van der Waals surface area (Å²) in [5.41, 5.74) is 0.409. The molecule has 0 unspecified atom stereocenters. The van der Waals surface area contributed by atoms with Gasteiger partial charge in [-0.3, -0.25) is 4.79 Å². The second-order valence-electron chi connectivity index (χ2n) is 4.62. The molecule has 2 rings (SSSR count). The Balaban J connectivity index is 2.35. The zero-order chi connectivity index (χ0) is 16.2. The number of carbonyl (C=O) groups excluding carboxylic acids is 1. The number of hydrogen-bond acceptors (Lipinski definition) is 1. The molecule has 0 radical (unpaired) electrons. The fraction of sp³-hybridized carbons (Fsp3) is 0.118. The monoisotopic (exact) mass is 368 g/mol. The second kappa shape index (κ2) is 6.92. The van der Waals surface area contributed by atoms with E-state index in [9.17, 15) is 18.0 Å². The third-order valence-corrected chi connectivity index (χ3v) is 3.63. The minimum Gasteiger partial charge on any atom is -0.289 e. The van der Waals surface area contributed by atoms with Crippen molar-refractivity contribution in [3.05, 3.63) is 76.9 Å². The predicted octanol–water partition coefficient (Wildman–Crippen LogP) is 5.37. The summed E-state index contributed by atoms with van der Waals surface area (Å²) in [6, 6.07) is 13.6. The first-order chi connectivity index (χ1) is 10.4. The molecule has 0 spiro atoms. The molecule has 0 aliphatic heterocycles. The minimum absolute atomic E-state index is 0.0245. The summed E-state index contributed by atoms with van der Waals surface area (Å²) in [5, 5.41) is 0.261. The summed E-state index contributed by atoms with van der Waals surface area (Å²) in [7, 11) is 0. The van der Waals surface area contributed by atoms with Crippen LogP contribution in [0.4, 0.5) is 13.2 Å². The highest BCUT2D eigenvalue weighted by Gasteiger charge is 2.31. The molecule has 0 atom stereocenters. The molecule has 2 aromatic carbocycles. The van der Waals surface area contributed by atoms with E-state index in [0.29, 0.717) is 5.57 Å². The van der Waals surface area contributed by atoms with Crippen LogP contribution < -0.4 is 0 Å². The van der Waals surface area contributed by atoms with Crippen LogP contribution in [0.1, 0.15) is 21.5 Å². The fourth-order valence-electron chi connectivity index (χ4n) is 1.94. The first kappa shape index (κ1) is 16.5. The lowest BCUT2D eigenvalue weighted by Crippen LogP contribution is -2.09. The van der Waals surface area contributed by atoms with Gasteiger partial charge in [-0.2, -0.15) is 13.2 Å². The van der Waals surface area contributed by atoms with Gasteiger partial charge in [0.25, 0.3) is 0 Å². The van der Waals surface area contributed by atoms with Crippen molar-refractivity contribution in [3.63, 3.8) is 0 Å². The Morgan fingerprint density at radius 3 is 2.32 bits per heavy atom. The zero-order valence-corrected chi connectivity index (χ0v) is 13.0. The van der Waals surface area contributed by atoms with Crippen LogP contribution in [0.2, 0.25) is 0 Å². The molecule has 0 aromatic heterocycles. The highest BCUT2D eigenvalue weighted by Crippen LogP contribution is 2.30. The molecule has 0 heterocycles. The van der Waals surface area contributed by atoms with Crippen LogP contribution in [0, 0.1) is 0 Å². The van der Waals surface area contributed by atoms with Gasteiger partial charge in [0.15, 0.2) is 5.78 Å². The molecule has 0 fully saturated rings. The average Bonchev–Trinajstić information content (AvgIpc) is 2.52. The summed E-state index contributed by atoms with van der Waals surface area (Å²) < 4.78 is 38.2. The molecule has 0 aliphatic carbocycles. The van der Waals surface area contributed by atoms with Crippen LogP contribution in [0.15, 0.2) is 60.2 Å². The number of Topliss-reactive ketones (excluding diaryl/α,β-unsaturated/α-hetero) is 1. The smallest absolute Gasteiger partial charge is 0.289 e. The summed E-state index contributed by atoms with van der Waals surface area (Å²) >= 11 is 3.22. The van der Waals surface area contributed by atoms with Gasteiger partial charge in [-0.1, -0.05) is 58.4 Å². The largest absolute Gasteiger partial charge is 0.416 e. The number of benzene rings is 2. The van der Waals surface area contributed by atoms with E-state index in [1.54, 1.807) is 6.08 Å². The fourth-order valence-corrected chi connectivity index (χ4v) is 2.35. The summed E-state index contributed by atoms with van der Waals surface area (Å²) in [6.45, 7) is 0. The van der Waals surface area contributed by atoms with Crippen LogP contribution in [-0.4, -0.2) is 11.1 Å². The van der Waals surface area contributed by atoms with E-state index in [1.165, 1.54) is 12.1 Å². The third kappa shape index (κ3) is 4.07. The maximum absolute atomic E-state index is 12.7. The predicted molar refractivity (Wildman–Crippen MR) is 84.0 cm³/mol. The van der Waals surface area contributed by atoms with Gasteiger partial charge in [-0.25, -0.2) is 0 Å². The van der Waals surface area contributed by atoms with Crippen molar-refractivity contribution in [2.45, 2.75) is 6.18 Å². The Labute approximate surface area is 134 Å². The van der Waals surface area contributed by atoms with Crippen molar-refractivity contribution in [1.82, 2.24) is 0 Å². The molecule has 0 aliphatic rings. The van der Waals surface area contributed by atoms with Crippen molar-refractivity contribution in [2.24, 2.45) is 0 Å². The number of carbonyl (C=O) groups is 1. The maximum Gasteiger partial charge on any atom is 0.416 e. The standard InChI is InChI=1S/C17H12BrF3O/c18-11-14(9-12-5-2-1-3-6-12)16(22)13-7-4-8-15(10-13)17(19,20)21/h1-10H,11H2/b14-9+. The van der Waals surface area contributed by atoms with Gasteiger partial charge in [0, 0.05) is 16.5 Å². The highest BCUT2D eigenvalue weighted by atomic mass is 79.9.